The van der Waals surface area contributed by atoms with Gasteiger partial charge in [0.05, 0.1) is 18.5 Å². The molecule has 0 spiro atoms. The molecule has 1 aromatic carbocycles. The number of hydrogen-bond donors (Lipinski definition) is 2. The monoisotopic (exact) mass is 268 g/mol. The lowest BCUT2D eigenvalue weighted by Crippen LogP contribution is -2.33. The smallest absolute Gasteiger partial charge is 0.333 e. The number of carboxylic acid groups (broad SMARTS) is 1. The Morgan fingerprint density at radius 1 is 1.53 bits per heavy atom. The van der Waals surface area contributed by atoms with Gasteiger partial charge in [0.15, 0.2) is 5.75 Å². The minimum atomic E-state index is -0.983. The molecule has 1 rings (SSSR count). The predicted octanol–water partition coefficient (Wildman–Crippen LogP) is 2.27. The number of hydrogen-bond acceptors (Lipinski definition) is 5. The van der Waals surface area contributed by atoms with E-state index in [4.69, 9.17) is 9.84 Å². The molecule has 19 heavy (non-hydrogen) atoms. The second kappa shape index (κ2) is 5.55. The van der Waals surface area contributed by atoms with Crippen LogP contribution in [0.15, 0.2) is 18.2 Å². The molecule has 0 bridgehead atoms. The van der Waals surface area contributed by atoms with Crippen molar-refractivity contribution in [1.29, 1.82) is 0 Å². The molecular formula is C12H16N2O5. The summed E-state index contributed by atoms with van der Waals surface area (Å²) in [7, 11) is 1.34. The molecule has 0 aliphatic heterocycles. The second-order valence-corrected chi connectivity index (χ2v) is 4.69. The van der Waals surface area contributed by atoms with Crippen molar-refractivity contribution in [2.45, 2.75) is 25.8 Å². The van der Waals surface area contributed by atoms with Gasteiger partial charge < -0.3 is 15.2 Å². The number of nitro groups is 1. The zero-order valence-corrected chi connectivity index (χ0v) is 11.0. The first-order valence-corrected chi connectivity index (χ1v) is 5.58. The quantitative estimate of drug-likeness (QED) is 0.606. The number of carboxylic acids is 1. The van der Waals surface area contributed by atoms with Crippen LogP contribution in [0.25, 0.3) is 0 Å². The van der Waals surface area contributed by atoms with Gasteiger partial charge in [0.1, 0.15) is 5.69 Å². The van der Waals surface area contributed by atoms with Gasteiger partial charge in [-0.25, -0.2) is 0 Å². The van der Waals surface area contributed by atoms with Crippen LogP contribution in [0.3, 0.4) is 0 Å². The van der Waals surface area contributed by atoms with Gasteiger partial charge in [-0.15, -0.1) is 0 Å². The number of rotatable bonds is 6. The fraction of sp³-hybridized carbons (Fsp3) is 0.417. The van der Waals surface area contributed by atoms with Crippen LogP contribution in [0.4, 0.5) is 11.4 Å². The van der Waals surface area contributed by atoms with Gasteiger partial charge in [-0.05, 0) is 26.0 Å². The average molecular weight is 268 g/mol. The summed E-state index contributed by atoms with van der Waals surface area (Å²) in [6, 6.07) is 4.60. The number of anilines is 1. The van der Waals surface area contributed by atoms with Crippen LogP contribution < -0.4 is 10.1 Å². The molecule has 104 valence electrons. The number of nitro benzene ring substituents is 1. The van der Waals surface area contributed by atoms with Crippen molar-refractivity contribution in [2.75, 3.05) is 12.4 Å². The van der Waals surface area contributed by atoms with Crippen LogP contribution in [-0.2, 0) is 4.79 Å². The fourth-order valence-corrected chi connectivity index (χ4v) is 1.76. The van der Waals surface area contributed by atoms with Crippen LogP contribution in [0, 0.1) is 10.1 Å². The number of para-hydroxylation sites is 1. The number of carbonyl (C=O) groups is 1. The van der Waals surface area contributed by atoms with E-state index in [1.165, 1.54) is 19.2 Å². The Kier molecular flexibility index (Phi) is 4.31. The molecule has 0 saturated carbocycles. The van der Waals surface area contributed by atoms with Crippen molar-refractivity contribution in [1.82, 2.24) is 0 Å². The van der Waals surface area contributed by atoms with Crippen LogP contribution in [0.1, 0.15) is 20.3 Å². The number of nitrogens with zero attached hydrogens (tertiary/aromatic N) is 1. The summed E-state index contributed by atoms with van der Waals surface area (Å²) in [5.41, 5.74) is -0.790. The van der Waals surface area contributed by atoms with E-state index >= 15 is 0 Å². The third-order valence-electron chi connectivity index (χ3n) is 2.47. The Hall–Kier alpha value is -2.31. The first kappa shape index (κ1) is 14.7. The first-order chi connectivity index (χ1) is 8.76. The molecule has 0 aliphatic carbocycles. The van der Waals surface area contributed by atoms with Crippen molar-refractivity contribution < 1.29 is 19.6 Å². The molecule has 0 fully saturated rings. The van der Waals surface area contributed by atoms with Gasteiger partial charge in [0.2, 0.25) is 0 Å². The lowest BCUT2D eigenvalue weighted by Gasteiger charge is -2.25. The van der Waals surface area contributed by atoms with Crippen LogP contribution >= 0.6 is 0 Å². The van der Waals surface area contributed by atoms with Gasteiger partial charge in [0.25, 0.3) is 0 Å². The highest BCUT2D eigenvalue weighted by Gasteiger charge is 2.27. The normalized spacial score (nSPS) is 10.9. The number of aliphatic carboxylic acids is 1. The summed E-state index contributed by atoms with van der Waals surface area (Å²) in [4.78, 5) is 21.3. The van der Waals surface area contributed by atoms with E-state index in [9.17, 15) is 14.9 Å². The van der Waals surface area contributed by atoms with Gasteiger partial charge in [-0.1, -0.05) is 6.07 Å². The Morgan fingerprint density at radius 3 is 2.63 bits per heavy atom. The van der Waals surface area contributed by atoms with Crippen LogP contribution in [0.5, 0.6) is 5.75 Å². The molecule has 0 unspecified atom stereocenters. The summed E-state index contributed by atoms with van der Waals surface area (Å²) >= 11 is 0. The summed E-state index contributed by atoms with van der Waals surface area (Å²) in [5, 5.41) is 22.8. The van der Waals surface area contributed by atoms with E-state index in [1.54, 1.807) is 19.9 Å². The molecule has 0 amide bonds. The first-order valence-electron chi connectivity index (χ1n) is 5.58. The van der Waals surface area contributed by atoms with Gasteiger partial charge in [0, 0.05) is 5.54 Å². The van der Waals surface area contributed by atoms with Crippen LogP contribution in [0.2, 0.25) is 0 Å². The molecule has 0 atom stereocenters. The van der Waals surface area contributed by atoms with Crippen molar-refractivity contribution >= 4 is 17.3 Å². The highest BCUT2D eigenvalue weighted by atomic mass is 16.6. The predicted molar refractivity (Wildman–Crippen MR) is 69.6 cm³/mol. The van der Waals surface area contributed by atoms with Crippen molar-refractivity contribution in [3.8, 4) is 5.75 Å². The Bertz CT molecular complexity index is 499. The lowest BCUT2D eigenvalue weighted by molar-refractivity contribution is -0.384. The third-order valence-corrected chi connectivity index (χ3v) is 2.47. The van der Waals surface area contributed by atoms with Gasteiger partial charge in [-0.3, -0.25) is 14.9 Å². The van der Waals surface area contributed by atoms with E-state index < -0.39 is 16.4 Å². The standard InChI is InChI=1S/C12H16N2O5/c1-12(2,7-10(15)16)13-8-5-4-6-9(19-3)11(8)14(17)18/h4-6,13H,7H2,1-3H3,(H,15,16). The third kappa shape index (κ3) is 3.84. The van der Waals surface area contributed by atoms with Crippen molar-refractivity contribution in [3.63, 3.8) is 0 Å². The van der Waals surface area contributed by atoms with Gasteiger partial charge >= 0.3 is 11.7 Å². The highest BCUT2D eigenvalue weighted by Crippen LogP contribution is 2.36. The summed E-state index contributed by atoms with van der Waals surface area (Å²) in [5.74, 6) is -0.857. The number of ether oxygens (including phenoxy) is 1. The largest absolute Gasteiger partial charge is 0.490 e. The molecule has 0 aliphatic rings. The van der Waals surface area contributed by atoms with Crippen molar-refractivity contribution in [2.24, 2.45) is 0 Å². The Labute approximate surface area is 110 Å². The molecule has 0 aromatic heterocycles. The molecule has 7 heteroatoms. The SMILES string of the molecule is COc1cccc(NC(C)(C)CC(=O)O)c1[N+](=O)[O-]. The summed E-state index contributed by atoms with van der Waals surface area (Å²) in [6.45, 7) is 3.31. The molecule has 0 radical (unpaired) electrons. The molecular weight excluding hydrogens is 252 g/mol. The molecule has 0 saturated heterocycles. The fourth-order valence-electron chi connectivity index (χ4n) is 1.76. The molecule has 7 nitrogen and oxygen atoms in total. The topological polar surface area (TPSA) is 102 Å². The average Bonchev–Trinajstić information content (AvgIpc) is 2.25. The van der Waals surface area contributed by atoms with E-state index in [0.29, 0.717) is 0 Å². The molecule has 0 heterocycles. The Morgan fingerprint density at radius 2 is 2.16 bits per heavy atom. The van der Waals surface area contributed by atoms with E-state index in [2.05, 4.69) is 5.32 Å². The Balaban J connectivity index is 3.14. The minimum Gasteiger partial charge on any atom is -0.490 e. The number of benzene rings is 1. The maximum absolute atomic E-state index is 11.1. The maximum Gasteiger partial charge on any atom is 0.333 e. The number of nitrogens with one attached hydrogen (secondary N) is 1. The molecule has 1 aromatic rings. The highest BCUT2D eigenvalue weighted by molar-refractivity contribution is 5.72. The summed E-state index contributed by atoms with van der Waals surface area (Å²) in [6.07, 6.45) is -0.165. The maximum atomic E-state index is 11.1. The minimum absolute atomic E-state index is 0.126. The molecule has 2 N–H and O–H groups in total. The van der Waals surface area contributed by atoms with E-state index in [-0.39, 0.29) is 23.5 Å². The van der Waals surface area contributed by atoms with E-state index in [1.807, 2.05) is 0 Å². The van der Waals surface area contributed by atoms with Crippen LogP contribution in [-0.4, -0.2) is 28.6 Å². The van der Waals surface area contributed by atoms with E-state index in [0.717, 1.165) is 0 Å². The lowest BCUT2D eigenvalue weighted by atomic mass is 10.00. The second-order valence-electron chi connectivity index (χ2n) is 4.69. The summed E-state index contributed by atoms with van der Waals surface area (Å²) < 4.78 is 4.94. The zero-order valence-electron chi connectivity index (χ0n) is 11.0. The van der Waals surface area contributed by atoms with Gasteiger partial charge in [-0.2, -0.15) is 0 Å². The zero-order chi connectivity index (χ0) is 14.6. The number of methoxy groups -OCH3 is 1. The van der Waals surface area contributed by atoms with Crippen molar-refractivity contribution in [3.05, 3.63) is 28.3 Å².